The summed E-state index contributed by atoms with van der Waals surface area (Å²) in [7, 11) is 0. The van der Waals surface area contributed by atoms with Gasteiger partial charge in [0, 0.05) is 32.8 Å². The van der Waals surface area contributed by atoms with Crippen molar-refractivity contribution in [1.82, 2.24) is 14.9 Å². The third-order valence-corrected chi connectivity index (χ3v) is 5.27. The first kappa shape index (κ1) is 20.2. The second-order valence-electron chi connectivity index (χ2n) is 7.25. The molecular formula is C23H28N4O3. The first-order valence-corrected chi connectivity index (χ1v) is 10.5. The summed E-state index contributed by atoms with van der Waals surface area (Å²) in [6.07, 6.45) is 0.885. The molecule has 3 aromatic rings. The van der Waals surface area contributed by atoms with E-state index in [1.807, 2.05) is 60.4 Å². The SMILES string of the molecule is CCOCCOc1ccccc1C(=O)N1CCCN(c2nc3ccccc3[nH]2)CC1. The van der Waals surface area contributed by atoms with E-state index in [-0.39, 0.29) is 5.91 Å². The molecule has 0 saturated carbocycles. The number of hydrogen-bond acceptors (Lipinski definition) is 5. The average Bonchev–Trinajstić information content (AvgIpc) is 3.06. The second kappa shape index (κ2) is 9.63. The van der Waals surface area contributed by atoms with Gasteiger partial charge in [-0.3, -0.25) is 4.79 Å². The first-order valence-electron chi connectivity index (χ1n) is 10.5. The van der Waals surface area contributed by atoms with Crippen LogP contribution in [0.1, 0.15) is 23.7 Å². The van der Waals surface area contributed by atoms with Crippen LogP contribution >= 0.6 is 0 Å². The van der Waals surface area contributed by atoms with Crippen LogP contribution in [0.25, 0.3) is 11.0 Å². The molecule has 4 rings (SSSR count). The molecule has 30 heavy (non-hydrogen) atoms. The third kappa shape index (κ3) is 4.57. The first-order chi connectivity index (χ1) is 14.8. The highest BCUT2D eigenvalue weighted by Crippen LogP contribution is 2.22. The van der Waals surface area contributed by atoms with Crippen molar-refractivity contribution in [3.8, 4) is 5.75 Å². The predicted molar refractivity (Wildman–Crippen MR) is 117 cm³/mol. The zero-order valence-corrected chi connectivity index (χ0v) is 17.3. The van der Waals surface area contributed by atoms with Gasteiger partial charge in [-0.2, -0.15) is 0 Å². The Morgan fingerprint density at radius 2 is 1.87 bits per heavy atom. The maximum Gasteiger partial charge on any atom is 0.257 e. The van der Waals surface area contributed by atoms with Crippen molar-refractivity contribution in [3.63, 3.8) is 0 Å². The minimum Gasteiger partial charge on any atom is -0.490 e. The van der Waals surface area contributed by atoms with Crippen molar-refractivity contribution in [2.24, 2.45) is 0 Å². The number of carbonyl (C=O) groups is 1. The molecule has 1 N–H and O–H groups in total. The van der Waals surface area contributed by atoms with Gasteiger partial charge in [-0.25, -0.2) is 4.98 Å². The number of carbonyl (C=O) groups excluding carboxylic acids is 1. The van der Waals surface area contributed by atoms with E-state index in [1.165, 1.54) is 0 Å². The molecule has 1 aliphatic heterocycles. The fraction of sp³-hybridized carbons (Fsp3) is 0.391. The fourth-order valence-corrected chi connectivity index (χ4v) is 3.72. The molecule has 0 spiro atoms. The van der Waals surface area contributed by atoms with Crippen LogP contribution in [-0.4, -0.2) is 66.8 Å². The summed E-state index contributed by atoms with van der Waals surface area (Å²) in [5.74, 6) is 1.49. The lowest BCUT2D eigenvalue weighted by molar-refractivity contribution is 0.0756. The zero-order valence-electron chi connectivity index (χ0n) is 17.3. The Balaban J connectivity index is 1.42. The normalized spacial score (nSPS) is 14.7. The standard InChI is InChI=1S/C23H28N4O3/c1-2-29-16-17-30-21-11-6-3-8-18(21)22(28)26-12-7-13-27(15-14-26)23-24-19-9-4-5-10-20(19)25-23/h3-6,8-11H,2,7,12-17H2,1H3,(H,24,25). The molecule has 1 saturated heterocycles. The summed E-state index contributed by atoms with van der Waals surface area (Å²) >= 11 is 0. The Bertz CT molecular complexity index is 954. The maximum atomic E-state index is 13.2. The number of anilines is 1. The van der Waals surface area contributed by atoms with E-state index < -0.39 is 0 Å². The summed E-state index contributed by atoms with van der Waals surface area (Å²) in [5.41, 5.74) is 2.59. The number of fused-ring (bicyclic) bond motifs is 1. The van der Waals surface area contributed by atoms with Gasteiger partial charge >= 0.3 is 0 Å². The van der Waals surface area contributed by atoms with Gasteiger partial charge in [0.1, 0.15) is 12.4 Å². The average molecular weight is 409 g/mol. The van der Waals surface area contributed by atoms with Gasteiger partial charge in [0.15, 0.2) is 0 Å². The maximum absolute atomic E-state index is 13.2. The molecule has 1 amide bonds. The highest BCUT2D eigenvalue weighted by molar-refractivity contribution is 5.97. The van der Waals surface area contributed by atoms with Crippen LogP contribution in [0.4, 0.5) is 5.95 Å². The lowest BCUT2D eigenvalue weighted by atomic mass is 10.1. The molecule has 0 unspecified atom stereocenters. The van der Waals surface area contributed by atoms with E-state index in [9.17, 15) is 4.79 Å². The Labute approximate surface area is 176 Å². The van der Waals surface area contributed by atoms with Crippen LogP contribution in [0.5, 0.6) is 5.75 Å². The van der Waals surface area contributed by atoms with Crippen LogP contribution in [0.2, 0.25) is 0 Å². The number of aromatic nitrogens is 2. The van der Waals surface area contributed by atoms with Crippen molar-refractivity contribution < 1.29 is 14.3 Å². The van der Waals surface area contributed by atoms with Crippen molar-refractivity contribution >= 4 is 22.9 Å². The van der Waals surface area contributed by atoms with E-state index in [4.69, 9.17) is 14.5 Å². The number of amides is 1. The van der Waals surface area contributed by atoms with E-state index >= 15 is 0 Å². The molecule has 0 radical (unpaired) electrons. The second-order valence-corrected chi connectivity index (χ2v) is 7.25. The van der Waals surface area contributed by atoms with E-state index in [2.05, 4.69) is 9.88 Å². The molecule has 158 valence electrons. The number of nitrogens with one attached hydrogen (secondary N) is 1. The van der Waals surface area contributed by atoms with Gasteiger partial charge in [-0.05, 0) is 37.6 Å². The number of ether oxygens (including phenoxy) is 2. The van der Waals surface area contributed by atoms with Gasteiger partial charge in [-0.15, -0.1) is 0 Å². The van der Waals surface area contributed by atoms with Gasteiger partial charge in [0.05, 0.1) is 23.2 Å². The summed E-state index contributed by atoms with van der Waals surface area (Å²) in [6, 6.07) is 15.5. The molecule has 0 aliphatic carbocycles. The Hall–Kier alpha value is -3.06. The van der Waals surface area contributed by atoms with Crippen LogP contribution < -0.4 is 9.64 Å². The summed E-state index contributed by atoms with van der Waals surface area (Å²) in [4.78, 5) is 25.4. The largest absolute Gasteiger partial charge is 0.490 e. The van der Waals surface area contributed by atoms with Crippen LogP contribution in [0.15, 0.2) is 48.5 Å². The van der Waals surface area contributed by atoms with E-state index in [0.717, 1.165) is 36.5 Å². The van der Waals surface area contributed by atoms with E-state index in [1.54, 1.807) is 0 Å². The van der Waals surface area contributed by atoms with Crippen LogP contribution in [-0.2, 0) is 4.74 Å². The molecule has 7 heteroatoms. The molecule has 1 aliphatic rings. The van der Waals surface area contributed by atoms with Crippen LogP contribution in [0.3, 0.4) is 0 Å². The minimum atomic E-state index is 0.00784. The van der Waals surface area contributed by atoms with Gasteiger partial charge in [0.2, 0.25) is 5.95 Å². The lowest BCUT2D eigenvalue weighted by Crippen LogP contribution is -2.35. The molecule has 7 nitrogen and oxygen atoms in total. The number of para-hydroxylation sites is 3. The lowest BCUT2D eigenvalue weighted by Gasteiger charge is -2.22. The van der Waals surface area contributed by atoms with Crippen molar-refractivity contribution in [3.05, 3.63) is 54.1 Å². The zero-order chi connectivity index (χ0) is 20.8. The molecule has 0 bridgehead atoms. The number of H-pyrrole nitrogens is 1. The number of benzene rings is 2. The Morgan fingerprint density at radius 3 is 2.73 bits per heavy atom. The Kier molecular flexibility index (Phi) is 6.49. The van der Waals surface area contributed by atoms with Gasteiger partial charge < -0.3 is 24.3 Å². The topological polar surface area (TPSA) is 70.7 Å². The fourth-order valence-electron chi connectivity index (χ4n) is 3.72. The van der Waals surface area contributed by atoms with Crippen molar-refractivity contribution in [2.75, 3.05) is 50.9 Å². The number of hydrogen-bond donors (Lipinski definition) is 1. The predicted octanol–water partition coefficient (Wildman–Crippen LogP) is 3.33. The van der Waals surface area contributed by atoms with Gasteiger partial charge in [0.25, 0.3) is 5.91 Å². The number of aromatic amines is 1. The van der Waals surface area contributed by atoms with Crippen LogP contribution in [0, 0.1) is 0 Å². The summed E-state index contributed by atoms with van der Waals surface area (Å²) in [6.45, 7) is 6.49. The molecule has 2 heterocycles. The highest BCUT2D eigenvalue weighted by atomic mass is 16.5. The quantitative estimate of drug-likeness (QED) is 0.607. The van der Waals surface area contributed by atoms with E-state index in [0.29, 0.717) is 44.2 Å². The number of nitrogens with zero attached hydrogens (tertiary/aromatic N) is 3. The summed E-state index contributed by atoms with van der Waals surface area (Å²) in [5, 5.41) is 0. The molecule has 1 fully saturated rings. The number of rotatable bonds is 7. The molecule has 0 atom stereocenters. The highest BCUT2D eigenvalue weighted by Gasteiger charge is 2.23. The summed E-state index contributed by atoms with van der Waals surface area (Å²) < 4.78 is 11.1. The third-order valence-electron chi connectivity index (χ3n) is 5.27. The molecule has 1 aromatic heterocycles. The van der Waals surface area contributed by atoms with Gasteiger partial charge in [-0.1, -0.05) is 24.3 Å². The van der Waals surface area contributed by atoms with Crippen molar-refractivity contribution in [2.45, 2.75) is 13.3 Å². The Morgan fingerprint density at radius 1 is 1.03 bits per heavy atom. The number of imidazole rings is 1. The molecule has 2 aromatic carbocycles. The van der Waals surface area contributed by atoms with Crippen molar-refractivity contribution in [1.29, 1.82) is 0 Å². The minimum absolute atomic E-state index is 0.00784. The molecular weight excluding hydrogens is 380 g/mol. The smallest absolute Gasteiger partial charge is 0.257 e. The monoisotopic (exact) mass is 408 g/mol.